The first-order valence-corrected chi connectivity index (χ1v) is 6.57. The largest absolute Gasteiger partial charge is 0.356 e. The Hall–Kier alpha value is -1.42. The Labute approximate surface area is 107 Å². The van der Waals surface area contributed by atoms with Crippen LogP contribution < -0.4 is 5.32 Å². The number of nitrogens with one attached hydrogen (secondary N) is 1. The van der Waals surface area contributed by atoms with Gasteiger partial charge in [0, 0.05) is 11.5 Å². The van der Waals surface area contributed by atoms with Crippen LogP contribution in [0.1, 0.15) is 33.1 Å². The Kier molecular flexibility index (Phi) is 7.03. The van der Waals surface area contributed by atoms with Crippen molar-refractivity contribution in [2.24, 2.45) is 0 Å². The van der Waals surface area contributed by atoms with Gasteiger partial charge < -0.3 is 9.84 Å². The first-order chi connectivity index (χ1) is 8.86. The molecule has 1 N–H and O–H groups in total. The first-order valence-electron chi connectivity index (χ1n) is 6.57. The van der Waals surface area contributed by atoms with Crippen molar-refractivity contribution in [1.29, 1.82) is 0 Å². The van der Waals surface area contributed by atoms with Gasteiger partial charge in [-0.05, 0) is 38.1 Å². The number of rotatable bonds is 0. The van der Waals surface area contributed by atoms with Gasteiger partial charge in [-0.1, -0.05) is 25.4 Å². The molecule has 100 valence electrons. The minimum Gasteiger partial charge on any atom is -0.356 e. The van der Waals surface area contributed by atoms with Crippen LogP contribution in [-0.4, -0.2) is 18.2 Å². The molecule has 1 fully saturated rings. The van der Waals surface area contributed by atoms with E-state index >= 15 is 0 Å². The zero-order chi connectivity index (χ0) is 13.2. The van der Waals surface area contributed by atoms with E-state index < -0.39 is 0 Å². The third-order valence-electron chi connectivity index (χ3n) is 2.53. The molecule has 1 aliphatic heterocycles. The molecule has 18 heavy (non-hydrogen) atoms. The van der Waals surface area contributed by atoms with Gasteiger partial charge in [0.15, 0.2) is 5.58 Å². The number of nitrogens with zero attached hydrogens (tertiary/aromatic N) is 1. The topological polar surface area (TPSA) is 38.1 Å². The van der Waals surface area contributed by atoms with E-state index in [1.807, 2.05) is 13.8 Å². The van der Waals surface area contributed by atoms with Crippen LogP contribution in [0.2, 0.25) is 0 Å². The standard InChI is InChI=1S/C7H4FNO.C5H11N.C2H6/c8-6-2-1-5-4-9-10-7(5)3-6;1-2-4-6-5-3-1;1-2/h1-4H;6H,1-5H2;1-2H3. The summed E-state index contributed by atoms with van der Waals surface area (Å²) in [6.45, 7) is 6.50. The van der Waals surface area contributed by atoms with Crippen molar-refractivity contribution in [3.63, 3.8) is 0 Å². The lowest BCUT2D eigenvalue weighted by Gasteiger charge is -2.08. The van der Waals surface area contributed by atoms with Crippen LogP contribution in [0.5, 0.6) is 0 Å². The summed E-state index contributed by atoms with van der Waals surface area (Å²) in [5.41, 5.74) is 0.486. The lowest BCUT2D eigenvalue weighted by atomic mass is 10.2. The van der Waals surface area contributed by atoms with Crippen LogP contribution >= 0.6 is 0 Å². The Bertz CT molecular complexity index is 427. The molecule has 3 nitrogen and oxygen atoms in total. The first kappa shape index (κ1) is 14.6. The van der Waals surface area contributed by atoms with Crippen molar-refractivity contribution in [3.05, 3.63) is 30.2 Å². The molecule has 1 aromatic carbocycles. The number of piperidine rings is 1. The van der Waals surface area contributed by atoms with E-state index in [0.29, 0.717) is 5.58 Å². The minimum atomic E-state index is -0.302. The summed E-state index contributed by atoms with van der Waals surface area (Å²) in [5, 5.41) is 7.61. The fourth-order valence-corrected chi connectivity index (χ4v) is 1.64. The quantitative estimate of drug-likeness (QED) is 0.776. The van der Waals surface area contributed by atoms with Gasteiger partial charge in [-0.25, -0.2) is 4.39 Å². The average molecular weight is 252 g/mol. The molecule has 0 atom stereocenters. The third-order valence-corrected chi connectivity index (χ3v) is 2.53. The Balaban J connectivity index is 0.000000174. The number of benzene rings is 1. The van der Waals surface area contributed by atoms with E-state index in [9.17, 15) is 4.39 Å². The molecular formula is C14H21FN2O. The maximum absolute atomic E-state index is 12.4. The average Bonchev–Trinajstić information content (AvgIpc) is 2.91. The van der Waals surface area contributed by atoms with Crippen LogP contribution in [0, 0.1) is 5.82 Å². The van der Waals surface area contributed by atoms with Gasteiger partial charge in [-0.3, -0.25) is 0 Å². The molecular weight excluding hydrogens is 231 g/mol. The van der Waals surface area contributed by atoms with Gasteiger partial charge in [0.25, 0.3) is 0 Å². The molecule has 0 unspecified atom stereocenters. The van der Waals surface area contributed by atoms with Crippen LogP contribution in [0.25, 0.3) is 11.0 Å². The maximum Gasteiger partial charge on any atom is 0.169 e. The second kappa shape index (κ2) is 8.64. The van der Waals surface area contributed by atoms with Gasteiger partial charge in [0.1, 0.15) is 5.82 Å². The van der Waals surface area contributed by atoms with Gasteiger partial charge in [0.2, 0.25) is 0 Å². The van der Waals surface area contributed by atoms with Crippen molar-refractivity contribution in [1.82, 2.24) is 10.5 Å². The Morgan fingerprint density at radius 1 is 1.17 bits per heavy atom. The molecule has 1 saturated heterocycles. The molecule has 2 heterocycles. The predicted octanol–water partition coefficient (Wildman–Crippen LogP) is 3.75. The van der Waals surface area contributed by atoms with Gasteiger partial charge >= 0.3 is 0 Å². The summed E-state index contributed by atoms with van der Waals surface area (Å²) in [6, 6.07) is 4.31. The zero-order valence-corrected chi connectivity index (χ0v) is 11.1. The van der Waals surface area contributed by atoms with Crippen LogP contribution in [-0.2, 0) is 0 Å². The highest BCUT2D eigenvalue weighted by molar-refractivity contribution is 5.75. The van der Waals surface area contributed by atoms with E-state index in [4.69, 9.17) is 4.52 Å². The van der Waals surface area contributed by atoms with E-state index in [2.05, 4.69) is 10.5 Å². The van der Waals surface area contributed by atoms with Crippen molar-refractivity contribution in [2.45, 2.75) is 33.1 Å². The summed E-state index contributed by atoms with van der Waals surface area (Å²) in [7, 11) is 0. The number of halogens is 1. The fourth-order valence-electron chi connectivity index (χ4n) is 1.64. The molecule has 0 aliphatic carbocycles. The molecule has 4 heteroatoms. The smallest absolute Gasteiger partial charge is 0.169 e. The molecule has 0 bridgehead atoms. The highest BCUT2D eigenvalue weighted by Crippen LogP contribution is 2.13. The summed E-state index contributed by atoms with van der Waals surface area (Å²) in [4.78, 5) is 0. The van der Waals surface area contributed by atoms with E-state index in [1.54, 1.807) is 12.3 Å². The monoisotopic (exact) mass is 252 g/mol. The van der Waals surface area contributed by atoms with Crippen molar-refractivity contribution >= 4 is 11.0 Å². The zero-order valence-electron chi connectivity index (χ0n) is 11.1. The lowest BCUT2D eigenvalue weighted by Crippen LogP contribution is -2.21. The van der Waals surface area contributed by atoms with Crippen LogP contribution in [0.15, 0.2) is 28.9 Å². The molecule has 3 rings (SSSR count). The fraction of sp³-hybridized carbons (Fsp3) is 0.500. The minimum absolute atomic E-state index is 0.302. The SMILES string of the molecule is C1CCNCC1.CC.Fc1ccc2cnoc2c1. The number of fused-ring (bicyclic) bond motifs is 1. The normalized spacial score (nSPS) is 14.2. The van der Waals surface area contributed by atoms with E-state index in [1.165, 1.54) is 44.5 Å². The van der Waals surface area contributed by atoms with Crippen molar-refractivity contribution < 1.29 is 8.91 Å². The second-order valence-electron chi connectivity index (χ2n) is 3.82. The highest BCUT2D eigenvalue weighted by Gasteiger charge is 1.97. The molecule has 0 radical (unpaired) electrons. The maximum atomic E-state index is 12.4. The second-order valence-corrected chi connectivity index (χ2v) is 3.82. The molecule has 0 spiro atoms. The van der Waals surface area contributed by atoms with E-state index in [-0.39, 0.29) is 5.82 Å². The molecule has 0 amide bonds. The van der Waals surface area contributed by atoms with Crippen molar-refractivity contribution in [3.8, 4) is 0 Å². The summed E-state index contributed by atoms with van der Waals surface area (Å²) >= 11 is 0. The van der Waals surface area contributed by atoms with Crippen LogP contribution in [0.4, 0.5) is 4.39 Å². The Morgan fingerprint density at radius 2 is 1.89 bits per heavy atom. The summed E-state index contributed by atoms with van der Waals surface area (Å²) < 4.78 is 17.1. The lowest BCUT2D eigenvalue weighted by molar-refractivity contribution is 0.454. The number of hydrogen-bond acceptors (Lipinski definition) is 3. The van der Waals surface area contributed by atoms with E-state index in [0.717, 1.165) is 5.39 Å². The molecule has 1 aromatic heterocycles. The highest BCUT2D eigenvalue weighted by atomic mass is 19.1. The van der Waals surface area contributed by atoms with Gasteiger partial charge in [-0.2, -0.15) is 0 Å². The summed E-state index contributed by atoms with van der Waals surface area (Å²) in [5.74, 6) is -0.302. The molecule has 0 saturated carbocycles. The van der Waals surface area contributed by atoms with Gasteiger partial charge in [0.05, 0.1) is 6.20 Å². The molecule has 1 aliphatic rings. The summed E-state index contributed by atoms with van der Waals surface area (Å²) in [6.07, 6.45) is 5.77. The molecule has 2 aromatic rings. The number of hydrogen-bond donors (Lipinski definition) is 1. The predicted molar refractivity (Wildman–Crippen MR) is 72.0 cm³/mol. The third kappa shape index (κ3) is 4.84. The van der Waals surface area contributed by atoms with Crippen molar-refractivity contribution in [2.75, 3.05) is 13.1 Å². The van der Waals surface area contributed by atoms with Crippen LogP contribution in [0.3, 0.4) is 0 Å². The Morgan fingerprint density at radius 3 is 2.44 bits per heavy atom. The number of aromatic nitrogens is 1. The van der Waals surface area contributed by atoms with Gasteiger partial charge in [-0.15, -0.1) is 0 Å².